The van der Waals surface area contributed by atoms with Crippen LogP contribution in [0.3, 0.4) is 0 Å². The summed E-state index contributed by atoms with van der Waals surface area (Å²) in [6.45, 7) is 2.11. The molecule has 8 nitrogen and oxygen atoms in total. The van der Waals surface area contributed by atoms with Gasteiger partial charge in [-0.05, 0) is 54.8 Å². The van der Waals surface area contributed by atoms with Crippen LogP contribution in [0, 0.1) is 0 Å². The molecule has 0 saturated carbocycles. The van der Waals surface area contributed by atoms with Gasteiger partial charge in [0.2, 0.25) is 0 Å². The summed E-state index contributed by atoms with van der Waals surface area (Å²) in [7, 11) is 0. The molecule has 4 rings (SSSR count). The van der Waals surface area contributed by atoms with Gasteiger partial charge in [-0.15, -0.1) is 11.3 Å². The molecule has 31 heavy (non-hydrogen) atoms. The predicted molar refractivity (Wildman–Crippen MR) is 121 cm³/mol. The van der Waals surface area contributed by atoms with E-state index in [0.29, 0.717) is 39.4 Å². The minimum absolute atomic E-state index is 0.223. The van der Waals surface area contributed by atoms with E-state index in [9.17, 15) is 19.2 Å². The van der Waals surface area contributed by atoms with Crippen molar-refractivity contribution in [3.05, 3.63) is 91.1 Å². The quantitative estimate of drug-likeness (QED) is 0.418. The van der Waals surface area contributed by atoms with E-state index in [4.69, 9.17) is 0 Å². The van der Waals surface area contributed by atoms with Crippen molar-refractivity contribution in [3.63, 3.8) is 0 Å². The number of rotatable bonds is 5. The maximum atomic E-state index is 12.7. The van der Waals surface area contributed by atoms with E-state index in [2.05, 4.69) is 15.6 Å². The molecule has 2 aromatic carbocycles. The fourth-order valence-electron chi connectivity index (χ4n) is 3.21. The highest BCUT2D eigenvalue weighted by atomic mass is 32.1. The highest BCUT2D eigenvalue weighted by Crippen LogP contribution is 2.19. The van der Waals surface area contributed by atoms with Gasteiger partial charge in [0.15, 0.2) is 0 Å². The zero-order chi connectivity index (χ0) is 22.0. The third kappa shape index (κ3) is 4.17. The number of anilines is 2. The SMILES string of the molecule is CCn1c(=O)c(=O)[nH]c2cc(C(=O)Nc3cccc(NC(=O)c4cccs4)c3)ccc21. The molecule has 0 unspecified atom stereocenters. The van der Waals surface area contributed by atoms with Crippen molar-refractivity contribution >= 4 is 45.6 Å². The Kier molecular flexibility index (Phi) is 5.50. The van der Waals surface area contributed by atoms with Crippen LogP contribution >= 0.6 is 11.3 Å². The van der Waals surface area contributed by atoms with Gasteiger partial charge in [-0.1, -0.05) is 12.1 Å². The number of nitrogens with zero attached hydrogens (tertiary/aromatic N) is 1. The molecule has 0 saturated heterocycles. The third-order valence-electron chi connectivity index (χ3n) is 4.68. The second-order valence-corrected chi connectivity index (χ2v) is 7.65. The van der Waals surface area contributed by atoms with Gasteiger partial charge in [0, 0.05) is 23.5 Å². The minimum atomic E-state index is -0.735. The molecule has 0 atom stereocenters. The lowest BCUT2D eigenvalue weighted by atomic mass is 10.1. The molecule has 4 aromatic rings. The maximum absolute atomic E-state index is 12.7. The molecule has 0 radical (unpaired) electrons. The zero-order valence-electron chi connectivity index (χ0n) is 16.5. The molecule has 0 fully saturated rings. The number of thiophene rings is 1. The highest BCUT2D eigenvalue weighted by Gasteiger charge is 2.12. The number of nitrogens with one attached hydrogen (secondary N) is 3. The van der Waals surface area contributed by atoms with Crippen molar-refractivity contribution in [2.24, 2.45) is 0 Å². The number of H-pyrrole nitrogens is 1. The Balaban J connectivity index is 1.56. The Labute approximate surface area is 180 Å². The number of aromatic nitrogens is 2. The molecule has 0 spiro atoms. The van der Waals surface area contributed by atoms with Gasteiger partial charge in [-0.25, -0.2) is 0 Å². The summed E-state index contributed by atoms with van der Waals surface area (Å²) in [5.41, 5.74) is 0.942. The van der Waals surface area contributed by atoms with E-state index in [0.717, 1.165) is 0 Å². The van der Waals surface area contributed by atoms with Crippen molar-refractivity contribution in [3.8, 4) is 0 Å². The van der Waals surface area contributed by atoms with Crippen LogP contribution < -0.4 is 21.8 Å². The summed E-state index contributed by atoms with van der Waals surface area (Å²) in [4.78, 5) is 51.9. The van der Waals surface area contributed by atoms with Gasteiger partial charge in [0.25, 0.3) is 11.8 Å². The Morgan fingerprint density at radius 2 is 1.71 bits per heavy atom. The van der Waals surface area contributed by atoms with Gasteiger partial charge in [0.1, 0.15) is 0 Å². The predicted octanol–water partition coefficient (Wildman–Crippen LogP) is 3.28. The molecule has 0 aliphatic heterocycles. The second kappa shape index (κ2) is 8.41. The molecule has 2 aromatic heterocycles. The zero-order valence-corrected chi connectivity index (χ0v) is 17.3. The molecular weight excluding hydrogens is 416 g/mol. The number of fused-ring (bicyclic) bond motifs is 1. The van der Waals surface area contributed by atoms with E-state index >= 15 is 0 Å². The lowest BCUT2D eigenvalue weighted by Crippen LogP contribution is -2.36. The summed E-state index contributed by atoms with van der Waals surface area (Å²) in [5.74, 6) is -0.613. The third-order valence-corrected chi connectivity index (χ3v) is 5.55. The molecule has 0 aliphatic carbocycles. The van der Waals surface area contributed by atoms with Crippen molar-refractivity contribution in [1.29, 1.82) is 0 Å². The van der Waals surface area contributed by atoms with Crippen LogP contribution in [-0.2, 0) is 6.54 Å². The van der Waals surface area contributed by atoms with Crippen molar-refractivity contribution in [2.45, 2.75) is 13.5 Å². The lowest BCUT2D eigenvalue weighted by molar-refractivity contribution is 0.102. The molecule has 2 heterocycles. The Morgan fingerprint density at radius 1 is 0.968 bits per heavy atom. The van der Waals surface area contributed by atoms with E-state index < -0.39 is 17.0 Å². The van der Waals surface area contributed by atoms with Crippen LogP contribution in [0.15, 0.2) is 69.6 Å². The highest BCUT2D eigenvalue weighted by molar-refractivity contribution is 7.12. The Bertz CT molecular complexity index is 1400. The number of hydrogen-bond acceptors (Lipinski definition) is 5. The summed E-state index contributed by atoms with van der Waals surface area (Å²) in [6, 6.07) is 15.1. The Morgan fingerprint density at radius 3 is 2.39 bits per heavy atom. The van der Waals surface area contributed by atoms with Crippen LogP contribution in [0.1, 0.15) is 27.0 Å². The van der Waals surface area contributed by atoms with E-state index in [1.165, 1.54) is 22.0 Å². The van der Waals surface area contributed by atoms with Crippen LogP contribution in [0.5, 0.6) is 0 Å². The number of benzene rings is 2. The van der Waals surface area contributed by atoms with Gasteiger partial charge in [-0.3, -0.25) is 19.2 Å². The molecule has 2 amide bonds. The first-order chi connectivity index (χ1) is 15.0. The van der Waals surface area contributed by atoms with Gasteiger partial charge in [0.05, 0.1) is 15.9 Å². The number of hydrogen-bond donors (Lipinski definition) is 3. The van der Waals surface area contributed by atoms with Crippen molar-refractivity contribution < 1.29 is 9.59 Å². The Hall–Kier alpha value is -3.98. The molecule has 0 aliphatic rings. The molecule has 9 heteroatoms. The standard InChI is InChI=1S/C22H18N4O4S/c1-2-26-17-9-8-13(11-16(17)25-21(29)22(26)30)19(27)23-14-5-3-6-15(12-14)24-20(28)18-7-4-10-31-18/h3-12H,2H2,1H3,(H,23,27)(H,24,28)(H,25,29). The van der Waals surface area contributed by atoms with Crippen molar-refractivity contribution in [1.82, 2.24) is 9.55 Å². The van der Waals surface area contributed by atoms with E-state index in [1.807, 2.05) is 5.38 Å². The topological polar surface area (TPSA) is 113 Å². The summed E-state index contributed by atoms with van der Waals surface area (Å²) >= 11 is 1.34. The molecule has 156 valence electrons. The summed E-state index contributed by atoms with van der Waals surface area (Å²) < 4.78 is 1.36. The smallest absolute Gasteiger partial charge is 0.316 e. The monoisotopic (exact) mass is 434 g/mol. The van der Waals surface area contributed by atoms with Crippen LogP contribution in [0.2, 0.25) is 0 Å². The first kappa shape index (κ1) is 20.3. The van der Waals surface area contributed by atoms with Crippen molar-refractivity contribution in [2.75, 3.05) is 10.6 Å². The van der Waals surface area contributed by atoms with E-state index in [-0.39, 0.29) is 5.91 Å². The second-order valence-electron chi connectivity index (χ2n) is 6.70. The molecular formula is C22H18N4O4S. The average Bonchev–Trinajstić information content (AvgIpc) is 3.30. The number of carbonyl (C=O) groups is 2. The normalized spacial score (nSPS) is 10.7. The van der Waals surface area contributed by atoms with Crippen LogP contribution in [0.25, 0.3) is 11.0 Å². The number of aromatic amines is 1. The van der Waals surface area contributed by atoms with Crippen LogP contribution in [-0.4, -0.2) is 21.4 Å². The number of amides is 2. The first-order valence-corrected chi connectivity index (χ1v) is 10.4. The number of carbonyl (C=O) groups excluding carboxylic acids is 2. The maximum Gasteiger partial charge on any atom is 0.316 e. The summed E-state index contributed by atoms with van der Waals surface area (Å²) in [6.07, 6.45) is 0. The van der Waals surface area contributed by atoms with Gasteiger partial charge >= 0.3 is 11.1 Å². The summed E-state index contributed by atoms with van der Waals surface area (Å²) in [5, 5.41) is 7.39. The largest absolute Gasteiger partial charge is 0.322 e. The fourth-order valence-corrected chi connectivity index (χ4v) is 3.83. The molecule has 0 bridgehead atoms. The van der Waals surface area contributed by atoms with Gasteiger partial charge < -0.3 is 20.2 Å². The minimum Gasteiger partial charge on any atom is -0.322 e. The average molecular weight is 434 g/mol. The lowest BCUT2D eigenvalue weighted by Gasteiger charge is -2.10. The van der Waals surface area contributed by atoms with E-state index in [1.54, 1.807) is 55.5 Å². The number of aryl methyl sites for hydroxylation is 1. The molecule has 3 N–H and O–H groups in total. The fraction of sp³-hybridized carbons (Fsp3) is 0.0909. The van der Waals surface area contributed by atoms with Crippen LogP contribution in [0.4, 0.5) is 11.4 Å². The van der Waals surface area contributed by atoms with Gasteiger partial charge in [-0.2, -0.15) is 0 Å². The first-order valence-electron chi connectivity index (χ1n) is 9.49.